The molecule has 2 heterocycles. The molecule has 0 spiro atoms. The lowest BCUT2D eigenvalue weighted by Gasteiger charge is -2.29. The molecule has 4 rings (SSSR count). The topological polar surface area (TPSA) is 76.0 Å². The van der Waals surface area contributed by atoms with Gasteiger partial charge in [-0.3, -0.25) is 14.3 Å². The zero-order valence-corrected chi connectivity index (χ0v) is 19.2. The van der Waals surface area contributed by atoms with Gasteiger partial charge in [0.15, 0.2) is 0 Å². The second-order valence-electron chi connectivity index (χ2n) is 8.93. The summed E-state index contributed by atoms with van der Waals surface area (Å²) in [4.78, 5) is 24.8. The molecule has 6 nitrogen and oxygen atoms in total. The van der Waals surface area contributed by atoms with Crippen LogP contribution in [-0.2, 0) is 29.1 Å². The third-order valence-electron chi connectivity index (χ3n) is 6.72. The Hall–Kier alpha value is -3.15. The molecule has 1 unspecified atom stereocenters. The van der Waals surface area contributed by atoms with Crippen LogP contribution in [0.2, 0.25) is 0 Å². The third kappa shape index (κ3) is 4.69. The lowest BCUT2D eigenvalue weighted by atomic mass is 9.84. The van der Waals surface area contributed by atoms with Gasteiger partial charge in [-0.25, -0.2) is 0 Å². The van der Waals surface area contributed by atoms with Crippen molar-refractivity contribution in [3.8, 4) is 0 Å². The largest absolute Gasteiger partial charge is 0.352 e. The van der Waals surface area contributed by atoms with E-state index in [9.17, 15) is 9.59 Å². The number of nitrogens with zero attached hydrogens (tertiary/aromatic N) is 2. The first-order valence-corrected chi connectivity index (χ1v) is 11.5. The molecule has 6 heteroatoms. The fourth-order valence-corrected chi connectivity index (χ4v) is 4.85. The Bertz CT molecular complexity index is 1150. The first kappa shape index (κ1) is 22.1. The highest BCUT2D eigenvalue weighted by Crippen LogP contribution is 2.30. The number of nitrogens with one attached hydrogen (secondary N) is 2. The van der Waals surface area contributed by atoms with Gasteiger partial charge in [0, 0.05) is 42.7 Å². The quantitative estimate of drug-likeness (QED) is 0.566. The summed E-state index contributed by atoms with van der Waals surface area (Å²) in [6.07, 6.45) is 3.02. The summed E-state index contributed by atoms with van der Waals surface area (Å²) in [6, 6.07) is 14.7. The van der Waals surface area contributed by atoms with Crippen molar-refractivity contribution in [2.24, 2.45) is 0 Å². The number of amides is 2. The summed E-state index contributed by atoms with van der Waals surface area (Å²) < 4.78 is 1.96. The minimum atomic E-state index is -0.365. The summed E-state index contributed by atoms with van der Waals surface area (Å²) in [5.74, 6) is 0.0801. The molecule has 1 fully saturated rings. The standard InChI is InChI=1S/C26H32N4O2/c1-4-30-19(3)23(18(2)29-30)17-27-24(31)11-13-26(14-12-25(32)28-26)16-20-9-10-21-7-5-6-8-22(21)15-20/h5-10,15H,4,11-14,16-17H2,1-3H3,(H,27,31)(H,28,32). The van der Waals surface area contributed by atoms with E-state index in [2.05, 4.69) is 53.0 Å². The highest BCUT2D eigenvalue weighted by molar-refractivity contribution is 5.83. The number of rotatable bonds is 8. The van der Waals surface area contributed by atoms with Crippen molar-refractivity contribution in [2.45, 2.75) is 71.5 Å². The van der Waals surface area contributed by atoms with Crippen LogP contribution in [0.4, 0.5) is 0 Å². The Morgan fingerprint density at radius 2 is 1.97 bits per heavy atom. The minimum Gasteiger partial charge on any atom is -0.352 e. The number of hydrogen-bond acceptors (Lipinski definition) is 3. The molecule has 1 aliphatic rings. The molecule has 3 aromatic rings. The molecule has 168 valence electrons. The van der Waals surface area contributed by atoms with Crippen LogP contribution in [0.15, 0.2) is 42.5 Å². The average molecular weight is 433 g/mol. The lowest BCUT2D eigenvalue weighted by molar-refractivity contribution is -0.122. The van der Waals surface area contributed by atoms with Crippen LogP contribution in [0, 0.1) is 13.8 Å². The van der Waals surface area contributed by atoms with Gasteiger partial charge >= 0.3 is 0 Å². The molecule has 2 aromatic carbocycles. The zero-order valence-electron chi connectivity index (χ0n) is 19.2. The number of carbonyl (C=O) groups excluding carboxylic acids is 2. The number of carbonyl (C=O) groups is 2. The number of benzene rings is 2. The number of hydrogen-bond donors (Lipinski definition) is 2. The Morgan fingerprint density at radius 3 is 2.66 bits per heavy atom. The minimum absolute atomic E-state index is 0.00656. The van der Waals surface area contributed by atoms with Crippen LogP contribution in [-0.4, -0.2) is 27.1 Å². The van der Waals surface area contributed by atoms with Crippen molar-refractivity contribution in [3.05, 3.63) is 65.0 Å². The van der Waals surface area contributed by atoms with Gasteiger partial charge in [-0.1, -0.05) is 42.5 Å². The Morgan fingerprint density at radius 1 is 1.19 bits per heavy atom. The molecule has 1 aliphatic heterocycles. The summed E-state index contributed by atoms with van der Waals surface area (Å²) in [5.41, 5.74) is 3.96. The van der Waals surface area contributed by atoms with E-state index in [-0.39, 0.29) is 17.4 Å². The van der Waals surface area contributed by atoms with Gasteiger partial charge in [-0.05, 0) is 56.4 Å². The SMILES string of the molecule is CCn1nc(C)c(CNC(=O)CCC2(Cc3ccc4ccccc4c3)CCC(=O)N2)c1C. The molecule has 0 radical (unpaired) electrons. The molecule has 2 N–H and O–H groups in total. The molecule has 0 aliphatic carbocycles. The van der Waals surface area contributed by atoms with Crippen LogP contribution in [0.3, 0.4) is 0 Å². The van der Waals surface area contributed by atoms with E-state index in [1.165, 1.54) is 16.3 Å². The summed E-state index contributed by atoms with van der Waals surface area (Å²) in [5, 5.41) is 13.2. The van der Waals surface area contributed by atoms with E-state index in [0.29, 0.717) is 25.8 Å². The van der Waals surface area contributed by atoms with Crippen molar-refractivity contribution in [1.29, 1.82) is 0 Å². The first-order chi connectivity index (χ1) is 15.4. The third-order valence-corrected chi connectivity index (χ3v) is 6.72. The predicted molar refractivity (Wildman–Crippen MR) is 126 cm³/mol. The van der Waals surface area contributed by atoms with Gasteiger partial charge < -0.3 is 10.6 Å². The molecule has 0 saturated carbocycles. The molecule has 32 heavy (non-hydrogen) atoms. The van der Waals surface area contributed by atoms with E-state index in [4.69, 9.17) is 0 Å². The normalized spacial score (nSPS) is 18.2. The Kier molecular flexibility index (Phi) is 6.31. The molecular formula is C26H32N4O2. The first-order valence-electron chi connectivity index (χ1n) is 11.5. The van der Waals surface area contributed by atoms with Gasteiger partial charge in [-0.2, -0.15) is 5.10 Å². The van der Waals surface area contributed by atoms with Gasteiger partial charge in [0.1, 0.15) is 0 Å². The maximum absolute atomic E-state index is 12.7. The van der Waals surface area contributed by atoms with Crippen molar-refractivity contribution in [2.75, 3.05) is 0 Å². The van der Waals surface area contributed by atoms with Crippen molar-refractivity contribution < 1.29 is 9.59 Å². The second kappa shape index (κ2) is 9.15. The van der Waals surface area contributed by atoms with Crippen LogP contribution >= 0.6 is 0 Å². The number of aromatic nitrogens is 2. The van der Waals surface area contributed by atoms with Gasteiger partial charge in [0.2, 0.25) is 11.8 Å². The molecule has 1 saturated heterocycles. The molecule has 0 bridgehead atoms. The summed E-state index contributed by atoms with van der Waals surface area (Å²) in [7, 11) is 0. The highest BCUT2D eigenvalue weighted by Gasteiger charge is 2.37. The van der Waals surface area contributed by atoms with Gasteiger partial charge in [-0.15, -0.1) is 0 Å². The van der Waals surface area contributed by atoms with E-state index < -0.39 is 0 Å². The van der Waals surface area contributed by atoms with Crippen LogP contribution < -0.4 is 10.6 Å². The summed E-state index contributed by atoms with van der Waals surface area (Å²) >= 11 is 0. The Balaban J connectivity index is 1.41. The Labute approximate surface area is 189 Å². The summed E-state index contributed by atoms with van der Waals surface area (Å²) in [6.45, 7) is 7.38. The number of aryl methyl sites for hydroxylation is 2. The van der Waals surface area contributed by atoms with Crippen LogP contribution in [0.25, 0.3) is 10.8 Å². The van der Waals surface area contributed by atoms with E-state index in [0.717, 1.165) is 36.3 Å². The van der Waals surface area contributed by atoms with Crippen molar-refractivity contribution >= 4 is 22.6 Å². The maximum Gasteiger partial charge on any atom is 0.220 e. The van der Waals surface area contributed by atoms with E-state index in [1.807, 2.05) is 30.7 Å². The highest BCUT2D eigenvalue weighted by atomic mass is 16.2. The molecule has 1 aromatic heterocycles. The molecular weight excluding hydrogens is 400 g/mol. The van der Waals surface area contributed by atoms with Crippen LogP contribution in [0.5, 0.6) is 0 Å². The molecule has 1 atom stereocenters. The second-order valence-corrected chi connectivity index (χ2v) is 8.93. The van der Waals surface area contributed by atoms with Crippen molar-refractivity contribution in [1.82, 2.24) is 20.4 Å². The lowest BCUT2D eigenvalue weighted by Crippen LogP contribution is -2.44. The fourth-order valence-electron chi connectivity index (χ4n) is 4.85. The van der Waals surface area contributed by atoms with E-state index in [1.54, 1.807) is 0 Å². The van der Waals surface area contributed by atoms with Crippen LogP contribution in [0.1, 0.15) is 55.1 Å². The van der Waals surface area contributed by atoms with Crippen molar-refractivity contribution in [3.63, 3.8) is 0 Å². The number of fused-ring (bicyclic) bond motifs is 1. The fraction of sp³-hybridized carbons (Fsp3) is 0.423. The van der Waals surface area contributed by atoms with Gasteiger partial charge in [0.05, 0.1) is 5.69 Å². The zero-order chi connectivity index (χ0) is 22.7. The van der Waals surface area contributed by atoms with E-state index >= 15 is 0 Å². The van der Waals surface area contributed by atoms with Gasteiger partial charge in [0.25, 0.3) is 0 Å². The smallest absolute Gasteiger partial charge is 0.220 e. The molecule has 2 amide bonds. The maximum atomic E-state index is 12.7. The average Bonchev–Trinajstić information content (AvgIpc) is 3.29. The monoisotopic (exact) mass is 432 g/mol. The predicted octanol–water partition coefficient (Wildman–Crippen LogP) is 3.96.